The van der Waals surface area contributed by atoms with Crippen molar-refractivity contribution in [3.63, 3.8) is 0 Å². The van der Waals surface area contributed by atoms with E-state index in [-0.39, 0.29) is 12.4 Å². The van der Waals surface area contributed by atoms with Crippen molar-refractivity contribution >= 4 is 5.97 Å². The van der Waals surface area contributed by atoms with Crippen LogP contribution in [-0.4, -0.2) is 19.7 Å². The molecule has 5 heteroatoms. The number of methoxy groups -OCH3 is 1. The lowest BCUT2D eigenvalue weighted by molar-refractivity contribution is -0.146. The molecule has 0 bridgehead atoms. The van der Waals surface area contributed by atoms with Crippen LogP contribution in [0.1, 0.15) is 5.76 Å². The second kappa shape index (κ2) is 6.75. The zero-order valence-electron chi connectivity index (χ0n) is 11.0. The second-order valence-corrected chi connectivity index (χ2v) is 4.24. The first-order valence-corrected chi connectivity index (χ1v) is 6.18. The van der Waals surface area contributed by atoms with Crippen LogP contribution in [0.4, 0.5) is 4.39 Å². The van der Waals surface area contributed by atoms with Gasteiger partial charge in [-0.1, -0.05) is 12.1 Å². The van der Waals surface area contributed by atoms with Gasteiger partial charge < -0.3 is 13.9 Å². The molecule has 1 heterocycles. The van der Waals surface area contributed by atoms with Crippen molar-refractivity contribution < 1.29 is 23.1 Å². The average Bonchev–Trinajstić information content (AvgIpc) is 2.97. The van der Waals surface area contributed by atoms with E-state index < -0.39 is 17.7 Å². The van der Waals surface area contributed by atoms with Crippen LogP contribution in [0.15, 0.2) is 47.1 Å². The lowest BCUT2D eigenvalue weighted by Gasteiger charge is -2.14. The van der Waals surface area contributed by atoms with E-state index in [4.69, 9.17) is 13.9 Å². The third-order valence-corrected chi connectivity index (χ3v) is 2.84. The van der Waals surface area contributed by atoms with Gasteiger partial charge in [-0.3, -0.25) is 4.79 Å². The summed E-state index contributed by atoms with van der Waals surface area (Å²) in [5, 5.41) is 0. The van der Waals surface area contributed by atoms with Crippen molar-refractivity contribution in [3.8, 4) is 5.75 Å². The van der Waals surface area contributed by atoms with Gasteiger partial charge in [0.05, 0.1) is 19.3 Å². The number of ether oxygens (including phenoxy) is 2. The molecule has 2 aromatic rings. The zero-order chi connectivity index (χ0) is 14.4. The molecule has 0 aliphatic rings. The molecule has 0 radical (unpaired) electrons. The summed E-state index contributed by atoms with van der Waals surface area (Å²) >= 11 is 0. The van der Waals surface area contributed by atoms with E-state index in [2.05, 4.69) is 0 Å². The summed E-state index contributed by atoms with van der Waals surface area (Å²) in [6.45, 7) is 0.0221. The van der Waals surface area contributed by atoms with Gasteiger partial charge in [-0.25, -0.2) is 4.39 Å². The third kappa shape index (κ3) is 3.60. The molecule has 1 aromatic carbocycles. The number of rotatable bonds is 6. The fourth-order valence-corrected chi connectivity index (χ4v) is 1.80. The van der Waals surface area contributed by atoms with E-state index in [9.17, 15) is 9.18 Å². The summed E-state index contributed by atoms with van der Waals surface area (Å²) in [7, 11) is 1.31. The molecule has 106 valence electrons. The number of esters is 1. The Bertz CT molecular complexity index is 551. The zero-order valence-corrected chi connectivity index (χ0v) is 11.0. The van der Waals surface area contributed by atoms with Gasteiger partial charge in [-0.05, 0) is 24.3 Å². The first-order chi connectivity index (χ1) is 9.70. The van der Waals surface area contributed by atoms with Crippen LogP contribution in [0.5, 0.6) is 5.75 Å². The number of carbonyl (C=O) groups is 1. The topological polar surface area (TPSA) is 48.7 Å². The van der Waals surface area contributed by atoms with E-state index in [1.807, 2.05) is 0 Å². The van der Waals surface area contributed by atoms with Crippen LogP contribution in [-0.2, 0) is 16.0 Å². The van der Waals surface area contributed by atoms with E-state index >= 15 is 0 Å². The van der Waals surface area contributed by atoms with Crippen LogP contribution >= 0.6 is 0 Å². The van der Waals surface area contributed by atoms with Gasteiger partial charge in [0.2, 0.25) is 0 Å². The Labute approximate surface area is 116 Å². The molecule has 1 unspecified atom stereocenters. The summed E-state index contributed by atoms with van der Waals surface area (Å²) in [5.74, 6) is -0.670. The molecule has 0 saturated heterocycles. The van der Waals surface area contributed by atoms with E-state index in [0.717, 1.165) is 0 Å². The molecule has 0 amide bonds. The average molecular weight is 278 g/mol. The highest BCUT2D eigenvalue weighted by atomic mass is 19.1. The molecule has 0 fully saturated rings. The fraction of sp³-hybridized carbons (Fsp3) is 0.267. The van der Waals surface area contributed by atoms with Crippen molar-refractivity contribution in [3.05, 3.63) is 54.2 Å². The van der Waals surface area contributed by atoms with Gasteiger partial charge in [0.25, 0.3) is 0 Å². The lowest BCUT2D eigenvalue weighted by Crippen LogP contribution is -2.25. The van der Waals surface area contributed by atoms with Gasteiger partial charge in [0.1, 0.15) is 12.4 Å². The second-order valence-electron chi connectivity index (χ2n) is 4.24. The Morgan fingerprint density at radius 1 is 1.30 bits per heavy atom. The lowest BCUT2D eigenvalue weighted by atomic mass is 10.1. The molecule has 0 spiro atoms. The molecule has 4 nitrogen and oxygen atoms in total. The minimum absolute atomic E-state index is 0.0221. The van der Waals surface area contributed by atoms with Gasteiger partial charge in [-0.15, -0.1) is 0 Å². The van der Waals surface area contributed by atoms with Crippen LogP contribution < -0.4 is 4.74 Å². The predicted octanol–water partition coefficient (Wildman–Crippen LogP) is 2.83. The number of hydrogen-bond donors (Lipinski definition) is 0. The normalized spacial score (nSPS) is 11.9. The monoisotopic (exact) mass is 278 g/mol. The third-order valence-electron chi connectivity index (χ3n) is 2.84. The first-order valence-electron chi connectivity index (χ1n) is 6.18. The van der Waals surface area contributed by atoms with E-state index in [1.54, 1.807) is 24.3 Å². The van der Waals surface area contributed by atoms with Crippen LogP contribution in [0.2, 0.25) is 0 Å². The Morgan fingerprint density at radius 2 is 2.10 bits per heavy atom. The van der Waals surface area contributed by atoms with Gasteiger partial charge in [-0.2, -0.15) is 0 Å². The number of carbonyl (C=O) groups excluding carboxylic acids is 1. The van der Waals surface area contributed by atoms with E-state index in [1.165, 1.54) is 25.5 Å². The molecule has 0 N–H and O–H groups in total. The number of furan rings is 1. The van der Waals surface area contributed by atoms with Crippen molar-refractivity contribution in [2.75, 3.05) is 13.7 Å². The minimum Gasteiger partial charge on any atom is -0.490 e. The Kier molecular flexibility index (Phi) is 4.76. The summed E-state index contributed by atoms with van der Waals surface area (Å²) < 4.78 is 28.7. The van der Waals surface area contributed by atoms with Gasteiger partial charge in [0, 0.05) is 6.42 Å². The SMILES string of the molecule is COC(=O)C(COc1ccccc1F)Cc1ccco1. The van der Waals surface area contributed by atoms with Crippen molar-refractivity contribution in [2.45, 2.75) is 6.42 Å². The molecule has 20 heavy (non-hydrogen) atoms. The quantitative estimate of drug-likeness (QED) is 0.762. The highest BCUT2D eigenvalue weighted by Crippen LogP contribution is 2.18. The first kappa shape index (κ1) is 14.1. The molecule has 0 saturated carbocycles. The maximum Gasteiger partial charge on any atom is 0.312 e. The molecule has 2 rings (SSSR count). The maximum atomic E-state index is 13.4. The summed E-state index contributed by atoms with van der Waals surface area (Å²) in [6, 6.07) is 9.55. The highest BCUT2D eigenvalue weighted by molar-refractivity contribution is 5.72. The maximum absolute atomic E-state index is 13.4. The van der Waals surface area contributed by atoms with Crippen molar-refractivity contribution in [2.24, 2.45) is 5.92 Å². The molecule has 1 aromatic heterocycles. The highest BCUT2D eigenvalue weighted by Gasteiger charge is 2.22. The Morgan fingerprint density at radius 3 is 2.75 bits per heavy atom. The molecular weight excluding hydrogens is 263 g/mol. The van der Waals surface area contributed by atoms with Crippen LogP contribution in [0.3, 0.4) is 0 Å². The summed E-state index contributed by atoms with van der Waals surface area (Å²) in [5.41, 5.74) is 0. The summed E-state index contributed by atoms with van der Waals surface area (Å²) in [4.78, 5) is 11.7. The standard InChI is InChI=1S/C15H15FO4/c1-18-15(17)11(9-12-5-4-8-19-12)10-20-14-7-3-2-6-13(14)16/h2-8,11H,9-10H2,1H3. The molecular formula is C15H15FO4. The molecule has 0 aliphatic heterocycles. The van der Waals surface area contributed by atoms with E-state index in [0.29, 0.717) is 12.2 Å². The smallest absolute Gasteiger partial charge is 0.312 e. The number of hydrogen-bond acceptors (Lipinski definition) is 4. The Hall–Kier alpha value is -2.30. The van der Waals surface area contributed by atoms with Crippen molar-refractivity contribution in [1.29, 1.82) is 0 Å². The fourth-order valence-electron chi connectivity index (χ4n) is 1.80. The Balaban J connectivity index is 2.01. The van der Waals surface area contributed by atoms with Gasteiger partial charge in [0.15, 0.2) is 11.6 Å². The number of benzene rings is 1. The minimum atomic E-state index is -0.550. The summed E-state index contributed by atoms with van der Waals surface area (Å²) in [6.07, 6.45) is 1.87. The van der Waals surface area contributed by atoms with Crippen molar-refractivity contribution in [1.82, 2.24) is 0 Å². The van der Waals surface area contributed by atoms with Crippen LogP contribution in [0.25, 0.3) is 0 Å². The van der Waals surface area contributed by atoms with Crippen LogP contribution in [0, 0.1) is 11.7 Å². The number of para-hydroxylation sites is 1. The molecule has 0 aliphatic carbocycles. The largest absolute Gasteiger partial charge is 0.490 e. The van der Waals surface area contributed by atoms with Gasteiger partial charge >= 0.3 is 5.97 Å². The molecule has 1 atom stereocenters. The number of halogens is 1. The predicted molar refractivity (Wildman–Crippen MR) is 69.8 cm³/mol.